The topological polar surface area (TPSA) is 16.7 Å². The van der Waals surface area contributed by atoms with Gasteiger partial charge < -0.3 is 0 Å². The second-order valence-corrected chi connectivity index (χ2v) is 2.28. The molecule has 0 aromatic carbocycles. The van der Waals surface area contributed by atoms with Crippen LogP contribution in [0.15, 0.2) is 40.9 Å². The van der Waals surface area contributed by atoms with E-state index in [0.29, 0.717) is 0 Å². The number of hydrogen-bond acceptors (Lipinski definition) is 1. The molecule has 0 bridgehead atoms. The Morgan fingerprint density at radius 3 is 2.83 bits per heavy atom. The molecule has 0 saturated heterocycles. The third-order valence-corrected chi connectivity index (χ3v) is 1.52. The third kappa shape index (κ3) is 1.93. The maximum absolute atomic E-state index is 4.05. The number of aliphatic imine (C=N–C) groups is 1. The van der Waals surface area contributed by atoms with Crippen molar-refractivity contribution in [3.8, 4) is 6.19 Å². The van der Waals surface area contributed by atoms with E-state index in [4.69, 9.17) is 0 Å². The zero-order chi connectivity index (χ0) is 8.81. The van der Waals surface area contributed by atoms with Gasteiger partial charge in [-0.25, -0.2) is 4.85 Å². The average Bonchev–Trinajstić information content (AvgIpc) is 2.15. The van der Waals surface area contributed by atoms with Gasteiger partial charge in [0, 0.05) is 10.6 Å². The minimum absolute atomic E-state index is 0.908. The summed E-state index contributed by atoms with van der Waals surface area (Å²) in [5.74, 6) is 0. The minimum atomic E-state index is 0.908. The number of hydrogen-bond donors (Lipinski definition) is 0. The normalized spacial score (nSPS) is 21.2. The van der Waals surface area contributed by atoms with Gasteiger partial charge in [-0.2, -0.15) is 0 Å². The van der Waals surface area contributed by atoms with Crippen molar-refractivity contribution >= 4 is 5.71 Å². The first-order chi connectivity index (χ1) is 5.88. The molecular formula is C10H11N2+. The van der Waals surface area contributed by atoms with Crippen molar-refractivity contribution in [3.05, 3.63) is 40.8 Å². The predicted octanol–water partition coefficient (Wildman–Crippen LogP) is 2.42. The first kappa shape index (κ1) is 8.48. The summed E-state index contributed by atoms with van der Waals surface area (Å²) >= 11 is 0. The molecule has 1 rings (SSSR count). The predicted molar refractivity (Wildman–Crippen MR) is 52.6 cm³/mol. The monoisotopic (exact) mass is 159 g/mol. The van der Waals surface area contributed by atoms with Crippen LogP contribution in [0.3, 0.4) is 0 Å². The van der Waals surface area contributed by atoms with Crippen molar-refractivity contribution in [3.63, 3.8) is 0 Å². The molecule has 1 aliphatic rings. The van der Waals surface area contributed by atoms with Crippen LogP contribution in [0.25, 0.3) is 4.85 Å². The Hall–Kier alpha value is -1.62. The van der Waals surface area contributed by atoms with Crippen molar-refractivity contribution in [2.75, 3.05) is 7.05 Å². The van der Waals surface area contributed by atoms with Gasteiger partial charge in [0.25, 0.3) is 0 Å². The molecule has 0 aromatic heterocycles. The summed E-state index contributed by atoms with van der Waals surface area (Å²) in [7, 11) is 1.65. The van der Waals surface area contributed by atoms with Gasteiger partial charge in [0.15, 0.2) is 12.8 Å². The van der Waals surface area contributed by atoms with Crippen LogP contribution in [0.5, 0.6) is 0 Å². The third-order valence-electron chi connectivity index (χ3n) is 1.52. The second kappa shape index (κ2) is 4.30. The highest BCUT2D eigenvalue weighted by Crippen LogP contribution is 2.07. The first-order valence-electron chi connectivity index (χ1n) is 3.81. The van der Waals surface area contributed by atoms with Gasteiger partial charge in [0.1, 0.15) is 0 Å². The van der Waals surface area contributed by atoms with Crippen LogP contribution in [-0.4, -0.2) is 12.8 Å². The highest BCUT2D eigenvalue weighted by atomic mass is 14.8. The maximum Gasteiger partial charge on any atom is 0.423 e. The van der Waals surface area contributed by atoms with Gasteiger partial charge in [-0.05, 0) is 13.0 Å². The van der Waals surface area contributed by atoms with Crippen LogP contribution in [-0.2, 0) is 0 Å². The summed E-state index contributed by atoms with van der Waals surface area (Å²) < 4.78 is 0. The molecule has 0 aromatic rings. The van der Waals surface area contributed by atoms with Gasteiger partial charge in [0.05, 0.1) is 0 Å². The van der Waals surface area contributed by atoms with E-state index in [1.54, 1.807) is 7.05 Å². The van der Waals surface area contributed by atoms with E-state index < -0.39 is 0 Å². The molecule has 2 nitrogen and oxygen atoms in total. The fourth-order valence-corrected chi connectivity index (χ4v) is 0.937. The van der Waals surface area contributed by atoms with E-state index in [1.807, 2.05) is 37.3 Å². The molecule has 0 amide bonds. The molecule has 2 heteroatoms. The Morgan fingerprint density at radius 2 is 2.17 bits per heavy atom. The second-order valence-electron chi connectivity index (χ2n) is 2.28. The van der Waals surface area contributed by atoms with Crippen LogP contribution in [0.2, 0.25) is 0 Å². The van der Waals surface area contributed by atoms with Gasteiger partial charge in [0.2, 0.25) is 0 Å². The van der Waals surface area contributed by atoms with Gasteiger partial charge >= 0.3 is 6.19 Å². The number of nitrogens with zero attached hydrogens (tertiary/aromatic N) is 2. The molecule has 1 aliphatic carbocycles. The van der Waals surface area contributed by atoms with E-state index in [1.165, 1.54) is 0 Å². The number of allylic oxidation sites excluding steroid dienone is 6. The van der Waals surface area contributed by atoms with Gasteiger partial charge in [-0.1, -0.05) is 24.3 Å². The molecule has 0 N–H and O–H groups in total. The molecule has 0 radical (unpaired) electrons. The Morgan fingerprint density at radius 1 is 1.42 bits per heavy atom. The molecular weight excluding hydrogens is 148 g/mol. The fourth-order valence-electron chi connectivity index (χ4n) is 0.937. The summed E-state index contributed by atoms with van der Waals surface area (Å²) in [5.41, 5.74) is 2.01. The fraction of sp³-hybridized carbons (Fsp3) is 0.200. The summed E-state index contributed by atoms with van der Waals surface area (Å²) in [6, 6.07) is 0. The van der Waals surface area contributed by atoms with Crippen molar-refractivity contribution in [1.29, 1.82) is 0 Å². The lowest BCUT2D eigenvalue weighted by molar-refractivity contribution is 1.56. The highest BCUT2D eigenvalue weighted by Gasteiger charge is 2.07. The van der Waals surface area contributed by atoms with Crippen molar-refractivity contribution in [2.45, 2.75) is 6.92 Å². The zero-order valence-corrected chi connectivity index (χ0v) is 7.28. The lowest BCUT2D eigenvalue weighted by atomic mass is 10.1. The molecule has 0 saturated carbocycles. The Labute approximate surface area is 72.4 Å². The first-order valence-corrected chi connectivity index (χ1v) is 3.81. The van der Waals surface area contributed by atoms with Gasteiger partial charge in [-0.3, -0.25) is 0 Å². The summed E-state index contributed by atoms with van der Waals surface area (Å²) in [6.07, 6.45) is 12.5. The molecule has 12 heavy (non-hydrogen) atoms. The quantitative estimate of drug-likeness (QED) is 0.483. The lowest BCUT2D eigenvalue weighted by Gasteiger charge is -1.97. The van der Waals surface area contributed by atoms with Crippen molar-refractivity contribution < 1.29 is 0 Å². The molecule has 0 atom stereocenters. The summed E-state index contributed by atoms with van der Waals surface area (Å²) in [5, 5.41) is 0. The molecule has 0 unspecified atom stereocenters. The maximum atomic E-state index is 4.05. The van der Waals surface area contributed by atoms with Crippen LogP contribution in [0.1, 0.15) is 6.92 Å². The number of rotatable bonds is 0. The minimum Gasteiger partial charge on any atom is -0.201 e. The summed E-state index contributed by atoms with van der Waals surface area (Å²) in [4.78, 5) is 7.72. The Bertz CT molecular complexity index is 333. The van der Waals surface area contributed by atoms with E-state index >= 15 is 0 Å². The molecule has 60 valence electrons. The molecule has 0 aliphatic heterocycles. The standard InChI is InChI=1S/C10H11N2/c1-3-9-6-4-5-7-10(9)12-8-11-2/h3-7H,1-2H3/q+1/b9-3-. The Balaban J connectivity index is 2.95. The highest BCUT2D eigenvalue weighted by molar-refractivity contribution is 6.11. The van der Waals surface area contributed by atoms with E-state index in [2.05, 4.69) is 16.0 Å². The lowest BCUT2D eigenvalue weighted by Crippen LogP contribution is -1.98. The summed E-state index contributed by atoms with van der Waals surface area (Å²) in [6.45, 7) is 1.98. The SMILES string of the molecule is C/C=C1/C=CC=CC1=NC#[N+]C. The van der Waals surface area contributed by atoms with Crippen LogP contribution < -0.4 is 0 Å². The largest absolute Gasteiger partial charge is 0.423 e. The van der Waals surface area contributed by atoms with Crippen molar-refractivity contribution in [2.24, 2.45) is 4.99 Å². The van der Waals surface area contributed by atoms with Crippen LogP contribution in [0, 0.1) is 6.19 Å². The van der Waals surface area contributed by atoms with Crippen molar-refractivity contribution in [1.82, 2.24) is 0 Å². The van der Waals surface area contributed by atoms with Crippen LogP contribution in [0.4, 0.5) is 0 Å². The molecule has 0 spiro atoms. The van der Waals surface area contributed by atoms with E-state index in [0.717, 1.165) is 11.3 Å². The van der Waals surface area contributed by atoms with Gasteiger partial charge in [-0.15, -0.1) is 0 Å². The average molecular weight is 159 g/mol. The Kier molecular flexibility index (Phi) is 3.04. The van der Waals surface area contributed by atoms with E-state index in [-0.39, 0.29) is 0 Å². The molecule has 0 fully saturated rings. The molecule has 0 heterocycles. The smallest absolute Gasteiger partial charge is 0.201 e. The van der Waals surface area contributed by atoms with E-state index in [9.17, 15) is 0 Å². The zero-order valence-electron chi connectivity index (χ0n) is 7.28. The van der Waals surface area contributed by atoms with Crippen LogP contribution >= 0.6 is 0 Å².